The van der Waals surface area contributed by atoms with Gasteiger partial charge in [-0.25, -0.2) is 4.98 Å². The molecule has 2 rings (SSSR count). The predicted octanol–water partition coefficient (Wildman–Crippen LogP) is 2.01. The molecule has 1 aromatic heterocycles. The van der Waals surface area contributed by atoms with Gasteiger partial charge in [0, 0.05) is 19.3 Å². The van der Waals surface area contributed by atoms with E-state index in [2.05, 4.69) is 31.9 Å². The fourth-order valence-electron chi connectivity index (χ4n) is 2.25. The molecule has 0 bridgehead atoms. The quantitative estimate of drug-likeness (QED) is 0.863. The van der Waals surface area contributed by atoms with Crippen molar-refractivity contribution in [3.63, 3.8) is 0 Å². The van der Waals surface area contributed by atoms with Gasteiger partial charge in [-0.2, -0.15) is 0 Å². The van der Waals surface area contributed by atoms with Crippen LogP contribution in [0.2, 0.25) is 0 Å². The minimum absolute atomic E-state index is 0.678. The maximum Gasteiger partial charge on any atom is 0.106 e. The number of halogens is 1. The molecule has 0 aliphatic carbocycles. The molecule has 0 spiro atoms. The summed E-state index contributed by atoms with van der Waals surface area (Å²) in [4.78, 5) is 6.73. The van der Waals surface area contributed by atoms with Gasteiger partial charge in [0.05, 0.1) is 0 Å². The van der Waals surface area contributed by atoms with Gasteiger partial charge in [-0.05, 0) is 59.4 Å². The molecule has 0 radical (unpaired) electrons. The van der Waals surface area contributed by atoms with E-state index in [-0.39, 0.29) is 0 Å². The second-order valence-corrected chi connectivity index (χ2v) is 5.28. The summed E-state index contributed by atoms with van der Waals surface area (Å²) in [5, 5.41) is 0. The third-order valence-corrected chi connectivity index (χ3v) is 3.60. The lowest BCUT2D eigenvalue weighted by molar-refractivity contribution is 0.171. The molecule has 1 aliphatic heterocycles. The summed E-state index contributed by atoms with van der Waals surface area (Å²) in [7, 11) is 0. The summed E-state index contributed by atoms with van der Waals surface area (Å²) in [6.45, 7) is 4.13. The lowest BCUT2D eigenvalue weighted by atomic mass is 9.98. The van der Waals surface area contributed by atoms with Gasteiger partial charge >= 0.3 is 0 Å². The molecule has 4 heteroatoms. The third-order valence-electron chi connectivity index (χ3n) is 3.13. The Morgan fingerprint density at radius 1 is 1.50 bits per heavy atom. The van der Waals surface area contributed by atoms with Crippen LogP contribution in [0.15, 0.2) is 22.9 Å². The van der Waals surface area contributed by atoms with Crippen LogP contribution in [-0.2, 0) is 6.54 Å². The van der Waals surface area contributed by atoms with Crippen molar-refractivity contribution in [2.45, 2.75) is 19.4 Å². The summed E-state index contributed by atoms with van der Waals surface area (Å²) < 4.78 is 0.898. The Balaban J connectivity index is 1.91. The average molecular weight is 284 g/mol. The van der Waals surface area contributed by atoms with E-state index in [1.165, 1.54) is 24.9 Å². The van der Waals surface area contributed by atoms with Gasteiger partial charge < -0.3 is 5.73 Å². The molecule has 88 valence electrons. The second kappa shape index (κ2) is 5.75. The van der Waals surface area contributed by atoms with Crippen LogP contribution in [0.25, 0.3) is 0 Å². The van der Waals surface area contributed by atoms with Crippen LogP contribution in [0, 0.1) is 5.92 Å². The Morgan fingerprint density at radius 2 is 2.38 bits per heavy atom. The van der Waals surface area contributed by atoms with E-state index < -0.39 is 0 Å². The number of hydrogen-bond donors (Lipinski definition) is 1. The Kier molecular flexibility index (Phi) is 4.32. The SMILES string of the molecule is NC[C@@H]1CCCN(Cc2ccc(Br)nc2)C1. The van der Waals surface area contributed by atoms with Gasteiger partial charge in [0.1, 0.15) is 4.60 Å². The number of aromatic nitrogens is 1. The van der Waals surface area contributed by atoms with Crippen LogP contribution >= 0.6 is 15.9 Å². The molecule has 1 atom stereocenters. The predicted molar refractivity (Wildman–Crippen MR) is 69.0 cm³/mol. The van der Waals surface area contributed by atoms with E-state index in [1.54, 1.807) is 0 Å². The molecule has 3 nitrogen and oxygen atoms in total. The molecule has 1 saturated heterocycles. The summed E-state index contributed by atoms with van der Waals surface area (Å²) in [6, 6.07) is 4.13. The van der Waals surface area contributed by atoms with Gasteiger partial charge in [-0.15, -0.1) is 0 Å². The summed E-state index contributed by atoms with van der Waals surface area (Å²) in [6.07, 6.45) is 4.49. The number of piperidine rings is 1. The summed E-state index contributed by atoms with van der Waals surface area (Å²) in [5.41, 5.74) is 7.01. The first kappa shape index (κ1) is 12.0. The number of rotatable bonds is 3. The lowest BCUT2D eigenvalue weighted by Crippen LogP contribution is -2.37. The normalized spacial score (nSPS) is 22.2. The van der Waals surface area contributed by atoms with Crippen LogP contribution in [0.5, 0.6) is 0 Å². The fraction of sp³-hybridized carbons (Fsp3) is 0.583. The highest BCUT2D eigenvalue weighted by atomic mass is 79.9. The Morgan fingerprint density at radius 3 is 3.06 bits per heavy atom. The van der Waals surface area contributed by atoms with E-state index in [4.69, 9.17) is 5.73 Å². The maximum absolute atomic E-state index is 5.73. The smallest absolute Gasteiger partial charge is 0.106 e. The van der Waals surface area contributed by atoms with Crippen molar-refractivity contribution < 1.29 is 0 Å². The van der Waals surface area contributed by atoms with E-state index in [1.807, 2.05) is 12.3 Å². The van der Waals surface area contributed by atoms with Crippen LogP contribution in [0.4, 0.5) is 0 Å². The second-order valence-electron chi connectivity index (χ2n) is 4.47. The van der Waals surface area contributed by atoms with E-state index >= 15 is 0 Å². The van der Waals surface area contributed by atoms with Crippen molar-refractivity contribution in [2.24, 2.45) is 11.7 Å². The minimum Gasteiger partial charge on any atom is -0.330 e. The largest absolute Gasteiger partial charge is 0.330 e. The van der Waals surface area contributed by atoms with E-state index in [9.17, 15) is 0 Å². The van der Waals surface area contributed by atoms with Gasteiger partial charge in [-0.3, -0.25) is 4.90 Å². The Bertz CT molecular complexity index is 326. The zero-order valence-electron chi connectivity index (χ0n) is 9.40. The van der Waals surface area contributed by atoms with Gasteiger partial charge in [0.15, 0.2) is 0 Å². The standard InChI is InChI=1S/C12H18BrN3/c13-12-4-3-11(7-15-12)9-16-5-1-2-10(6-14)8-16/h3-4,7,10H,1-2,5-6,8-9,14H2/t10-/m0/s1. The molecule has 16 heavy (non-hydrogen) atoms. The number of hydrogen-bond acceptors (Lipinski definition) is 3. The number of pyridine rings is 1. The molecule has 1 aliphatic rings. The zero-order chi connectivity index (χ0) is 11.4. The van der Waals surface area contributed by atoms with E-state index in [0.717, 1.165) is 24.2 Å². The number of nitrogens with zero attached hydrogens (tertiary/aromatic N) is 2. The summed E-state index contributed by atoms with van der Waals surface area (Å²) >= 11 is 3.35. The van der Waals surface area contributed by atoms with Crippen LogP contribution in [0.3, 0.4) is 0 Å². The molecule has 1 aromatic rings. The molecular formula is C12H18BrN3. The van der Waals surface area contributed by atoms with Crippen molar-refractivity contribution in [3.8, 4) is 0 Å². The average Bonchev–Trinajstić information content (AvgIpc) is 2.32. The minimum atomic E-state index is 0.678. The first-order valence-electron chi connectivity index (χ1n) is 5.81. The van der Waals surface area contributed by atoms with Crippen molar-refractivity contribution in [1.29, 1.82) is 0 Å². The molecule has 0 unspecified atom stereocenters. The van der Waals surface area contributed by atoms with Crippen LogP contribution < -0.4 is 5.73 Å². The molecule has 2 N–H and O–H groups in total. The highest BCUT2D eigenvalue weighted by Gasteiger charge is 2.18. The molecule has 0 aromatic carbocycles. The van der Waals surface area contributed by atoms with Crippen molar-refractivity contribution in [2.75, 3.05) is 19.6 Å². The number of likely N-dealkylation sites (tertiary alicyclic amines) is 1. The Labute approximate surface area is 105 Å². The lowest BCUT2D eigenvalue weighted by Gasteiger charge is -2.31. The molecular weight excluding hydrogens is 266 g/mol. The first-order chi connectivity index (χ1) is 7.78. The Hall–Kier alpha value is -0.450. The van der Waals surface area contributed by atoms with Crippen molar-refractivity contribution in [1.82, 2.24) is 9.88 Å². The maximum atomic E-state index is 5.73. The fourth-order valence-corrected chi connectivity index (χ4v) is 2.48. The highest BCUT2D eigenvalue weighted by Crippen LogP contribution is 2.17. The highest BCUT2D eigenvalue weighted by molar-refractivity contribution is 9.10. The molecule has 0 saturated carbocycles. The van der Waals surface area contributed by atoms with Crippen molar-refractivity contribution >= 4 is 15.9 Å². The van der Waals surface area contributed by atoms with Crippen LogP contribution in [-0.4, -0.2) is 29.5 Å². The molecule has 2 heterocycles. The first-order valence-corrected chi connectivity index (χ1v) is 6.60. The molecule has 0 amide bonds. The van der Waals surface area contributed by atoms with E-state index in [0.29, 0.717) is 5.92 Å². The van der Waals surface area contributed by atoms with Gasteiger partial charge in [0.25, 0.3) is 0 Å². The van der Waals surface area contributed by atoms with Crippen molar-refractivity contribution in [3.05, 3.63) is 28.5 Å². The molecule has 1 fully saturated rings. The van der Waals surface area contributed by atoms with Gasteiger partial charge in [0.2, 0.25) is 0 Å². The number of nitrogens with two attached hydrogens (primary N) is 1. The van der Waals surface area contributed by atoms with Gasteiger partial charge in [-0.1, -0.05) is 6.07 Å². The monoisotopic (exact) mass is 283 g/mol. The van der Waals surface area contributed by atoms with Crippen LogP contribution in [0.1, 0.15) is 18.4 Å². The summed E-state index contributed by atoms with van der Waals surface area (Å²) in [5.74, 6) is 0.678. The third kappa shape index (κ3) is 3.27. The zero-order valence-corrected chi connectivity index (χ0v) is 11.0. The topological polar surface area (TPSA) is 42.1 Å².